The molecule has 23 heavy (non-hydrogen) atoms. The molecule has 3 rings (SSSR count). The second kappa shape index (κ2) is 6.43. The van der Waals surface area contributed by atoms with Crippen LogP contribution >= 0.6 is 0 Å². The third kappa shape index (κ3) is 3.63. The van der Waals surface area contributed by atoms with Crippen LogP contribution in [0.3, 0.4) is 0 Å². The van der Waals surface area contributed by atoms with Crippen molar-refractivity contribution in [3.8, 4) is 11.5 Å². The molecule has 0 bridgehead atoms. The monoisotopic (exact) mass is 312 g/mol. The first-order valence-corrected chi connectivity index (χ1v) is 7.23. The Bertz CT molecular complexity index is 822. The van der Waals surface area contributed by atoms with E-state index in [1.165, 1.54) is 0 Å². The molecule has 0 saturated heterocycles. The summed E-state index contributed by atoms with van der Waals surface area (Å²) in [6.07, 6.45) is 0.586. The van der Waals surface area contributed by atoms with Crippen molar-refractivity contribution in [2.75, 3.05) is 5.32 Å². The summed E-state index contributed by atoms with van der Waals surface area (Å²) in [6.45, 7) is 3.74. The zero-order valence-electron chi connectivity index (χ0n) is 12.9. The van der Waals surface area contributed by atoms with E-state index in [1.54, 1.807) is 13.0 Å². The van der Waals surface area contributed by atoms with E-state index in [9.17, 15) is 4.79 Å². The van der Waals surface area contributed by atoms with Gasteiger partial charge in [-0.05, 0) is 25.5 Å². The van der Waals surface area contributed by atoms with Crippen molar-refractivity contribution in [2.45, 2.75) is 26.7 Å². The molecule has 0 spiro atoms. The summed E-state index contributed by atoms with van der Waals surface area (Å²) < 4.78 is 10.5. The van der Waals surface area contributed by atoms with Gasteiger partial charge in [0.1, 0.15) is 5.76 Å². The van der Waals surface area contributed by atoms with E-state index < -0.39 is 0 Å². The van der Waals surface area contributed by atoms with Gasteiger partial charge in [-0.1, -0.05) is 23.4 Å². The van der Waals surface area contributed by atoms with Crippen LogP contribution in [0.4, 0.5) is 5.82 Å². The molecule has 1 amide bonds. The van der Waals surface area contributed by atoms with Crippen LogP contribution in [0.2, 0.25) is 0 Å². The van der Waals surface area contributed by atoms with Crippen LogP contribution in [0.25, 0.3) is 11.5 Å². The molecular weight excluding hydrogens is 296 g/mol. The van der Waals surface area contributed by atoms with E-state index >= 15 is 0 Å². The first-order valence-electron chi connectivity index (χ1n) is 7.23. The number of nitrogens with zero attached hydrogens (tertiary/aromatic N) is 3. The largest absolute Gasteiger partial charge is 0.421 e. The first kappa shape index (κ1) is 15.0. The molecule has 0 unspecified atom stereocenters. The van der Waals surface area contributed by atoms with E-state index in [2.05, 4.69) is 20.7 Å². The smallest absolute Gasteiger partial charge is 0.247 e. The van der Waals surface area contributed by atoms with Gasteiger partial charge in [0.15, 0.2) is 5.82 Å². The Morgan fingerprint density at radius 3 is 2.78 bits per heavy atom. The predicted octanol–water partition coefficient (Wildman–Crippen LogP) is 2.91. The fourth-order valence-corrected chi connectivity index (χ4v) is 2.13. The second-order valence-corrected chi connectivity index (χ2v) is 5.19. The molecule has 118 valence electrons. The molecule has 1 N–H and O–H groups in total. The van der Waals surface area contributed by atoms with Crippen molar-refractivity contribution in [2.24, 2.45) is 0 Å². The Balaban J connectivity index is 1.59. The lowest BCUT2D eigenvalue weighted by Crippen LogP contribution is -2.12. The molecule has 0 fully saturated rings. The number of hydrogen-bond donors (Lipinski definition) is 1. The van der Waals surface area contributed by atoms with Crippen LogP contribution in [-0.4, -0.2) is 21.3 Å². The lowest BCUT2D eigenvalue weighted by Gasteiger charge is -1.99. The number of hydrogen-bond acceptors (Lipinski definition) is 6. The van der Waals surface area contributed by atoms with Crippen molar-refractivity contribution in [3.05, 3.63) is 47.5 Å². The summed E-state index contributed by atoms with van der Waals surface area (Å²) in [4.78, 5) is 11.8. The van der Waals surface area contributed by atoms with E-state index in [-0.39, 0.29) is 12.3 Å². The maximum atomic E-state index is 11.8. The highest BCUT2D eigenvalue weighted by molar-refractivity contribution is 5.89. The fourth-order valence-electron chi connectivity index (χ4n) is 2.13. The van der Waals surface area contributed by atoms with E-state index in [1.807, 2.05) is 31.2 Å². The quantitative estimate of drug-likeness (QED) is 0.778. The Morgan fingerprint density at radius 2 is 2.04 bits per heavy atom. The minimum atomic E-state index is -0.186. The zero-order chi connectivity index (χ0) is 16.2. The zero-order valence-corrected chi connectivity index (χ0v) is 12.9. The number of nitrogens with one attached hydrogen (secondary N) is 1. The minimum Gasteiger partial charge on any atom is -0.421 e. The van der Waals surface area contributed by atoms with Gasteiger partial charge < -0.3 is 14.3 Å². The highest BCUT2D eigenvalue weighted by Crippen LogP contribution is 2.21. The van der Waals surface area contributed by atoms with Crippen molar-refractivity contribution in [1.82, 2.24) is 15.4 Å². The normalized spacial score (nSPS) is 10.7. The molecule has 0 radical (unpaired) electrons. The number of carbonyl (C=O) groups excluding carboxylic acids is 1. The molecule has 7 heteroatoms. The van der Waals surface area contributed by atoms with E-state index in [0.717, 1.165) is 11.1 Å². The van der Waals surface area contributed by atoms with Crippen LogP contribution in [0.15, 0.2) is 39.3 Å². The number of anilines is 1. The average molecular weight is 312 g/mol. The van der Waals surface area contributed by atoms with Crippen molar-refractivity contribution in [1.29, 1.82) is 0 Å². The van der Waals surface area contributed by atoms with Gasteiger partial charge in [-0.3, -0.25) is 4.79 Å². The van der Waals surface area contributed by atoms with Crippen LogP contribution in [0.5, 0.6) is 0 Å². The molecule has 7 nitrogen and oxygen atoms in total. The van der Waals surface area contributed by atoms with E-state index in [4.69, 9.17) is 8.94 Å². The number of amides is 1. The third-order valence-electron chi connectivity index (χ3n) is 3.30. The maximum absolute atomic E-state index is 11.8. The van der Waals surface area contributed by atoms with Gasteiger partial charge in [0, 0.05) is 24.5 Å². The number of aromatic nitrogens is 3. The molecule has 0 saturated carbocycles. The van der Waals surface area contributed by atoms with Crippen LogP contribution in [0.1, 0.15) is 23.6 Å². The Labute approximate surface area is 132 Å². The average Bonchev–Trinajstić information content (AvgIpc) is 3.15. The summed E-state index contributed by atoms with van der Waals surface area (Å²) in [5.41, 5.74) is 1.95. The molecule has 0 atom stereocenters. The highest BCUT2D eigenvalue weighted by atomic mass is 16.5. The minimum absolute atomic E-state index is 0.186. The van der Waals surface area contributed by atoms with Crippen LogP contribution < -0.4 is 5.32 Å². The lowest BCUT2D eigenvalue weighted by molar-refractivity contribution is -0.116. The fraction of sp³-hybridized carbons (Fsp3) is 0.250. The molecule has 0 aliphatic rings. The number of aryl methyl sites for hydroxylation is 3. The highest BCUT2D eigenvalue weighted by Gasteiger charge is 2.12. The van der Waals surface area contributed by atoms with Crippen LogP contribution in [0, 0.1) is 13.8 Å². The van der Waals surface area contributed by atoms with Gasteiger partial charge in [0.2, 0.25) is 17.7 Å². The maximum Gasteiger partial charge on any atom is 0.247 e. The molecule has 1 aromatic carbocycles. The number of carbonyl (C=O) groups is 1. The van der Waals surface area contributed by atoms with Gasteiger partial charge in [0.25, 0.3) is 0 Å². The first-order chi connectivity index (χ1) is 11.1. The Morgan fingerprint density at radius 1 is 1.22 bits per heavy atom. The summed E-state index contributed by atoms with van der Waals surface area (Å²) in [7, 11) is 0. The van der Waals surface area contributed by atoms with Gasteiger partial charge in [-0.15, -0.1) is 10.2 Å². The molecule has 0 aliphatic carbocycles. The van der Waals surface area contributed by atoms with Crippen molar-refractivity contribution in [3.63, 3.8) is 0 Å². The predicted molar refractivity (Wildman–Crippen MR) is 82.7 cm³/mol. The SMILES string of the molecule is Cc1cc(NC(=O)CCc2nnc(-c3ccccc3C)o2)no1. The van der Waals surface area contributed by atoms with Gasteiger partial charge in [-0.2, -0.15) is 0 Å². The van der Waals surface area contributed by atoms with Crippen molar-refractivity contribution >= 4 is 11.7 Å². The molecule has 2 heterocycles. The van der Waals surface area contributed by atoms with Gasteiger partial charge in [0.05, 0.1) is 0 Å². The summed E-state index contributed by atoms with van der Waals surface area (Å²) >= 11 is 0. The van der Waals surface area contributed by atoms with Gasteiger partial charge in [-0.25, -0.2) is 0 Å². The number of rotatable bonds is 5. The summed E-state index contributed by atoms with van der Waals surface area (Å²) in [6, 6.07) is 9.42. The van der Waals surface area contributed by atoms with Crippen LogP contribution in [-0.2, 0) is 11.2 Å². The van der Waals surface area contributed by atoms with Gasteiger partial charge >= 0.3 is 0 Å². The number of benzene rings is 1. The molecule has 3 aromatic rings. The topological polar surface area (TPSA) is 94.1 Å². The second-order valence-electron chi connectivity index (χ2n) is 5.19. The lowest BCUT2D eigenvalue weighted by atomic mass is 10.1. The standard InChI is InChI=1S/C16H16N4O3/c1-10-5-3-4-6-12(10)16-19-18-15(22-16)8-7-14(21)17-13-9-11(2)23-20-13/h3-6,9H,7-8H2,1-2H3,(H,17,20,21). The molecule has 0 aliphatic heterocycles. The Kier molecular flexibility index (Phi) is 4.18. The van der Waals surface area contributed by atoms with E-state index in [0.29, 0.717) is 29.8 Å². The third-order valence-corrected chi connectivity index (χ3v) is 3.30. The Hall–Kier alpha value is -2.96. The van der Waals surface area contributed by atoms with Crippen molar-refractivity contribution < 1.29 is 13.7 Å². The molecule has 2 aromatic heterocycles. The molecular formula is C16H16N4O3. The summed E-state index contributed by atoms with van der Waals surface area (Å²) in [5, 5.41) is 14.4. The summed E-state index contributed by atoms with van der Waals surface area (Å²) in [5.74, 6) is 1.74.